The van der Waals surface area contributed by atoms with Crippen molar-refractivity contribution in [1.82, 2.24) is 10.3 Å². The third-order valence-corrected chi connectivity index (χ3v) is 20.6. The molecule has 0 amide bonds. The van der Waals surface area contributed by atoms with Crippen LogP contribution in [-0.2, 0) is 16.2 Å². The van der Waals surface area contributed by atoms with Crippen LogP contribution in [0.3, 0.4) is 0 Å². The third kappa shape index (κ3) is 9.05. The van der Waals surface area contributed by atoms with Gasteiger partial charge in [-0.1, -0.05) is 247 Å². The molecule has 0 fully saturated rings. The van der Waals surface area contributed by atoms with E-state index in [9.17, 15) is 0 Å². The largest absolute Gasteiger partial charge is 0.455 e. The monoisotopic (exact) mass is 1270 g/mol. The molecular formula is C91H72N4O3. The smallest absolute Gasteiger partial charge is 0.145 e. The normalized spacial score (nSPS) is 13.9. The van der Waals surface area contributed by atoms with Gasteiger partial charge in [-0.05, 0) is 141 Å². The van der Waals surface area contributed by atoms with E-state index in [1.165, 1.54) is 16.7 Å². The lowest BCUT2D eigenvalue weighted by molar-refractivity contribution is 0.590. The fourth-order valence-electron chi connectivity index (χ4n) is 15.9. The van der Waals surface area contributed by atoms with Crippen LogP contribution in [0.2, 0.25) is 0 Å². The number of hydrogen-bond donors (Lipinski definition) is 1. The van der Waals surface area contributed by atoms with E-state index < -0.39 is 5.41 Å². The fraction of sp³-hybridized carbons (Fsp3) is 0.132. The van der Waals surface area contributed by atoms with Crippen molar-refractivity contribution in [3.05, 3.63) is 329 Å². The van der Waals surface area contributed by atoms with Gasteiger partial charge in [-0.2, -0.15) is 0 Å². The standard InChI is InChI=1S/C91H72N4O3/c1-55-49-72(69-36-23-34-67-64-30-17-20-38-78(64)96-84(67)69)87(92-53-55)94(61-45-41-57(42-46-61)89(3,4)5)76-51-74-81(66-32-16-15-29-63(66)76)83-75(91(74,59-25-11-9-12-26-59)60-27-13-10-14-28-60)52-77(82-71-33-19-22-40-80(71)98-86(82)83)95(62-47-43-58(44-48-62)90(6,7)8)88-73(50-56(2)54-93-88)70-37-24-35-68-65-31-18-21-39-79(65)97-85(68)70/h9-52,54,92H,53H2,1-8H3. The van der Waals surface area contributed by atoms with Gasteiger partial charge in [-0.3, -0.25) is 9.80 Å². The lowest BCUT2D eigenvalue weighted by atomic mass is 9.67. The molecule has 1 N–H and O–H groups in total. The van der Waals surface area contributed by atoms with Gasteiger partial charge < -0.3 is 18.6 Å². The van der Waals surface area contributed by atoms with Gasteiger partial charge in [0, 0.05) is 84.3 Å². The number of benzene rings is 12. The minimum atomic E-state index is -0.978. The maximum absolute atomic E-state index is 7.72. The first-order valence-corrected chi connectivity index (χ1v) is 34.1. The van der Waals surface area contributed by atoms with E-state index in [2.05, 4.69) is 331 Å². The number of aryl methyl sites for hydroxylation is 1. The molecule has 7 heteroatoms. The summed E-state index contributed by atoms with van der Waals surface area (Å²) in [5.74, 6) is 1.71. The second-order valence-electron chi connectivity index (χ2n) is 28.8. The lowest BCUT2D eigenvalue weighted by Gasteiger charge is -2.37. The van der Waals surface area contributed by atoms with Gasteiger partial charge in [0.15, 0.2) is 0 Å². The maximum atomic E-state index is 7.72. The fourth-order valence-corrected chi connectivity index (χ4v) is 15.9. The summed E-state index contributed by atoms with van der Waals surface area (Å²) >= 11 is 0. The minimum Gasteiger partial charge on any atom is -0.455 e. The number of para-hydroxylation sites is 5. The summed E-state index contributed by atoms with van der Waals surface area (Å²) in [4.78, 5) is 10.6. The van der Waals surface area contributed by atoms with Crippen LogP contribution in [-0.4, -0.2) is 11.5 Å². The summed E-state index contributed by atoms with van der Waals surface area (Å²) in [5, 5.41) is 12.5. The van der Waals surface area contributed by atoms with E-state index in [1.54, 1.807) is 0 Å². The number of furan rings is 3. The number of anilines is 5. The van der Waals surface area contributed by atoms with E-state index in [0.29, 0.717) is 6.54 Å². The van der Waals surface area contributed by atoms with Crippen molar-refractivity contribution in [2.45, 2.75) is 71.6 Å². The summed E-state index contributed by atoms with van der Waals surface area (Å²) in [5.41, 5.74) is 23.0. The SMILES string of the molecule is CC1=CC(c2cccc3c2oc2ccccc23)=C(N(c2ccc(C(C)(C)C)cc2)c2cc3c(c4ccccc24)-c2c(cc(N(c4ccc(C(C)(C)C)cc4)c4ncc(C)cc4-c4cccc5c4oc4ccccc45)c4c2oc2ccccc24)C3(c2ccccc2)c2ccccc2)NC1. The average Bonchev–Trinajstić information content (AvgIpc) is 1.50. The summed E-state index contributed by atoms with van der Waals surface area (Å²) in [6, 6.07) is 95.5. The Balaban J connectivity index is 0.986. The number of hydrogen-bond acceptors (Lipinski definition) is 7. The van der Waals surface area contributed by atoms with Gasteiger partial charge in [0.2, 0.25) is 0 Å². The third-order valence-electron chi connectivity index (χ3n) is 20.6. The molecule has 18 rings (SSSR count). The topological polar surface area (TPSA) is 70.8 Å². The predicted octanol–water partition coefficient (Wildman–Crippen LogP) is 24.4. The number of rotatable bonds is 10. The van der Waals surface area contributed by atoms with Crippen LogP contribution in [0.25, 0.3) is 104 Å². The van der Waals surface area contributed by atoms with Gasteiger partial charge in [0.1, 0.15) is 45.1 Å². The Bertz CT molecular complexity index is 5930. The highest BCUT2D eigenvalue weighted by molar-refractivity contribution is 6.23. The molecule has 1 aliphatic heterocycles. The van der Waals surface area contributed by atoms with Crippen LogP contribution in [0.4, 0.5) is 28.6 Å². The average molecular weight is 1270 g/mol. The summed E-state index contributed by atoms with van der Waals surface area (Å²) in [7, 11) is 0. The number of pyridine rings is 1. The molecule has 5 heterocycles. The van der Waals surface area contributed by atoms with Crippen LogP contribution in [0.5, 0.6) is 0 Å². The number of nitrogens with zero attached hydrogens (tertiary/aromatic N) is 3. The Hall–Kier alpha value is -11.7. The molecule has 1 aliphatic carbocycles. The molecule has 12 aromatic carbocycles. The highest BCUT2D eigenvalue weighted by Gasteiger charge is 2.50. The van der Waals surface area contributed by atoms with Crippen LogP contribution in [0, 0.1) is 6.92 Å². The van der Waals surface area contributed by atoms with E-state index in [1.807, 2.05) is 12.3 Å². The van der Waals surface area contributed by atoms with E-state index in [-0.39, 0.29) is 10.8 Å². The van der Waals surface area contributed by atoms with E-state index >= 15 is 0 Å². The predicted molar refractivity (Wildman–Crippen MR) is 407 cm³/mol. The van der Waals surface area contributed by atoms with Gasteiger partial charge in [0.25, 0.3) is 0 Å². The van der Waals surface area contributed by atoms with Gasteiger partial charge >= 0.3 is 0 Å². The second kappa shape index (κ2) is 22.2. The minimum absolute atomic E-state index is 0.0867. The zero-order valence-corrected chi connectivity index (χ0v) is 56.3. The molecule has 0 radical (unpaired) electrons. The van der Waals surface area contributed by atoms with Gasteiger partial charge in [0.05, 0.1) is 22.2 Å². The molecular weight excluding hydrogens is 1200 g/mol. The van der Waals surface area contributed by atoms with Crippen LogP contribution in [0.1, 0.15) is 93.0 Å². The van der Waals surface area contributed by atoms with Crippen LogP contribution >= 0.6 is 0 Å². The molecule has 16 aromatic rings. The second-order valence-corrected chi connectivity index (χ2v) is 28.8. The summed E-state index contributed by atoms with van der Waals surface area (Å²) < 4.78 is 21.6. The van der Waals surface area contributed by atoms with Crippen molar-refractivity contribution in [2.24, 2.45) is 0 Å². The van der Waals surface area contributed by atoms with Gasteiger partial charge in [-0.25, -0.2) is 4.98 Å². The van der Waals surface area contributed by atoms with Crippen molar-refractivity contribution >= 4 is 111 Å². The lowest BCUT2D eigenvalue weighted by Crippen LogP contribution is -2.33. The number of aromatic nitrogens is 1. The van der Waals surface area contributed by atoms with Crippen LogP contribution in [0.15, 0.2) is 298 Å². The Labute approximate surface area is 570 Å². The van der Waals surface area contributed by atoms with Crippen molar-refractivity contribution in [2.75, 3.05) is 16.3 Å². The molecule has 7 nitrogen and oxygen atoms in total. The number of nitrogens with one attached hydrogen (secondary N) is 1. The maximum Gasteiger partial charge on any atom is 0.145 e. The molecule has 0 bridgehead atoms. The highest BCUT2D eigenvalue weighted by atomic mass is 16.3. The number of fused-ring (bicyclic) bond motifs is 15. The first-order chi connectivity index (χ1) is 47.7. The Morgan fingerprint density at radius 2 is 0.878 bits per heavy atom. The molecule has 0 atom stereocenters. The zero-order chi connectivity index (χ0) is 66.3. The molecule has 4 aromatic heterocycles. The Morgan fingerprint density at radius 3 is 1.47 bits per heavy atom. The van der Waals surface area contributed by atoms with E-state index in [4.69, 9.17) is 18.2 Å². The van der Waals surface area contributed by atoms with Crippen molar-refractivity contribution in [1.29, 1.82) is 0 Å². The molecule has 98 heavy (non-hydrogen) atoms. The zero-order valence-electron chi connectivity index (χ0n) is 56.3. The number of allylic oxidation sites excluding steroid dienone is 2. The summed E-state index contributed by atoms with van der Waals surface area (Å²) in [6.45, 7) is 18.7. The molecule has 2 aliphatic rings. The van der Waals surface area contributed by atoms with Crippen molar-refractivity contribution in [3.8, 4) is 22.3 Å². The van der Waals surface area contributed by atoms with Crippen molar-refractivity contribution < 1.29 is 13.3 Å². The van der Waals surface area contributed by atoms with Gasteiger partial charge in [-0.15, -0.1) is 0 Å². The van der Waals surface area contributed by atoms with Crippen molar-refractivity contribution in [3.63, 3.8) is 0 Å². The highest BCUT2D eigenvalue weighted by Crippen LogP contribution is 2.64. The summed E-state index contributed by atoms with van der Waals surface area (Å²) in [6.07, 6.45) is 4.37. The molecule has 474 valence electrons. The Kier molecular flexibility index (Phi) is 13.3. The molecule has 0 saturated heterocycles. The first kappa shape index (κ1) is 58.9. The molecule has 0 spiro atoms. The first-order valence-electron chi connectivity index (χ1n) is 34.1. The number of dihydropyridines is 1. The Morgan fingerprint density at radius 1 is 0.408 bits per heavy atom. The molecule has 0 saturated carbocycles. The van der Waals surface area contributed by atoms with Crippen LogP contribution < -0.4 is 15.1 Å². The van der Waals surface area contributed by atoms with E-state index in [0.717, 1.165) is 172 Å². The molecule has 0 unspecified atom stereocenters. The quantitative estimate of drug-likeness (QED) is 0.146.